The lowest BCUT2D eigenvalue weighted by Gasteiger charge is -2.23. The van der Waals surface area contributed by atoms with E-state index < -0.39 is 11.9 Å². The minimum Gasteiger partial charge on any atom is -0.465 e. The summed E-state index contributed by atoms with van der Waals surface area (Å²) in [7, 11) is 0. The lowest BCUT2D eigenvalue weighted by molar-refractivity contribution is -0.146. The summed E-state index contributed by atoms with van der Waals surface area (Å²) in [5, 5.41) is 15.1. The predicted octanol–water partition coefficient (Wildman–Crippen LogP) is 3.47. The van der Waals surface area contributed by atoms with Crippen LogP contribution in [0.4, 0.5) is 11.4 Å². The fourth-order valence-corrected chi connectivity index (χ4v) is 4.96. The van der Waals surface area contributed by atoms with Crippen LogP contribution >= 0.6 is 11.8 Å². The van der Waals surface area contributed by atoms with Crippen molar-refractivity contribution in [1.29, 1.82) is 5.26 Å². The van der Waals surface area contributed by atoms with Crippen LogP contribution in [-0.2, 0) is 19.1 Å². The average molecular weight is 461 g/mol. The van der Waals surface area contributed by atoms with Crippen molar-refractivity contribution in [2.45, 2.75) is 51.2 Å². The van der Waals surface area contributed by atoms with Crippen molar-refractivity contribution >= 4 is 40.9 Å². The highest BCUT2D eigenvalue weighted by Gasteiger charge is 2.41. The number of benzene rings is 1. The molecule has 8 nitrogen and oxygen atoms in total. The van der Waals surface area contributed by atoms with Crippen molar-refractivity contribution in [3.8, 4) is 6.07 Å². The van der Waals surface area contributed by atoms with E-state index in [-0.39, 0.29) is 41.4 Å². The normalized spacial score (nSPS) is 18.9. The Morgan fingerprint density at radius 1 is 1.28 bits per heavy atom. The van der Waals surface area contributed by atoms with E-state index in [4.69, 9.17) is 4.74 Å². The maximum absolute atomic E-state index is 12.8. The van der Waals surface area contributed by atoms with Gasteiger partial charge in [-0.25, -0.2) is 0 Å². The molecule has 0 aromatic heterocycles. The van der Waals surface area contributed by atoms with Gasteiger partial charge in [0.2, 0.25) is 11.8 Å². The smallest absolute Gasteiger partial charge is 0.323 e. The van der Waals surface area contributed by atoms with Gasteiger partial charge in [-0.15, -0.1) is 11.8 Å². The third-order valence-electron chi connectivity index (χ3n) is 5.12. The molecular formula is C23H32N4O4S. The molecule has 0 bridgehead atoms. The fourth-order valence-electron chi connectivity index (χ4n) is 3.37. The Bertz CT molecular complexity index is 855. The number of thioether (sulfide) groups is 1. The number of nitrogens with one attached hydrogen (secondary N) is 2. The first kappa shape index (κ1) is 25.5. The van der Waals surface area contributed by atoms with Crippen LogP contribution in [0.25, 0.3) is 0 Å². The van der Waals surface area contributed by atoms with Gasteiger partial charge in [0, 0.05) is 36.8 Å². The van der Waals surface area contributed by atoms with Crippen LogP contribution in [0.2, 0.25) is 0 Å². The Kier molecular flexibility index (Phi) is 9.85. The quantitative estimate of drug-likeness (QED) is 0.486. The molecule has 3 atom stereocenters. The highest BCUT2D eigenvalue weighted by atomic mass is 32.2. The first-order valence-electron chi connectivity index (χ1n) is 11.0. The first-order chi connectivity index (χ1) is 15.3. The van der Waals surface area contributed by atoms with Gasteiger partial charge in [-0.1, -0.05) is 19.9 Å². The zero-order chi connectivity index (χ0) is 23.7. The minimum absolute atomic E-state index is 0.0304. The topological polar surface area (TPSA) is 112 Å². The van der Waals surface area contributed by atoms with Gasteiger partial charge in [-0.3, -0.25) is 14.4 Å². The van der Waals surface area contributed by atoms with Crippen molar-refractivity contribution in [3.63, 3.8) is 0 Å². The molecule has 1 saturated heterocycles. The number of hydrogen-bond acceptors (Lipinski definition) is 7. The summed E-state index contributed by atoms with van der Waals surface area (Å²) in [6.07, 6.45) is 0.872. The van der Waals surface area contributed by atoms with E-state index in [1.165, 1.54) is 11.8 Å². The van der Waals surface area contributed by atoms with E-state index in [0.717, 1.165) is 11.4 Å². The molecule has 1 aliphatic rings. The number of esters is 1. The summed E-state index contributed by atoms with van der Waals surface area (Å²) >= 11 is 1.50. The molecule has 2 amide bonds. The number of rotatable bonds is 11. The van der Waals surface area contributed by atoms with Crippen molar-refractivity contribution in [2.75, 3.05) is 30.3 Å². The van der Waals surface area contributed by atoms with Gasteiger partial charge in [0.15, 0.2) is 0 Å². The Balaban J connectivity index is 1.92. The van der Waals surface area contributed by atoms with E-state index in [9.17, 15) is 19.6 Å². The SMILES string of the molecule is CCOC(=O)C(C#N)CC1SC(CCNc2cccc(NC(=O)C(C)C)c2)C(=O)N1CC. The molecule has 1 aromatic carbocycles. The Hall–Kier alpha value is -2.73. The van der Waals surface area contributed by atoms with E-state index >= 15 is 0 Å². The molecule has 0 aliphatic carbocycles. The molecule has 1 fully saturated rings. The van der Waals surface area contributed by atoms with E-state index in [1.807, 2.05) is 51.1 Å². The molecule has 0 radical (unpaired) electrons. The Morgan fingerprint density at radius 3 is 2.62 bits per heavy atom. The zero-order valence-corrected chi connectivity index (χ0v) is 19.9. The standard InChI is InChI=1S/C23H32N4O4S/c1-5-27-20(12-16(14-24)23(30)31-6-2)32-19(22(27)29)10-11-25-17-8-7-9-18(13-17)26-21(28)15(3)4/h7-9,13,15-16,19-20,25H,5-6,10-12H2,1-4H3,(H,26,28). The maximum Gasteiger partial charge on any atom is 0.323 e. The summed E-state index contributed by atoms with van der Waals surface area (Å²) in [5.74, 6) is -1.53. The van der Waals surface area contributed by atoms with Gasteiger partial charge in [0.25, 0.3) is 0 Å². The van der Waals surface area contributed by atoms with Crippen molar-refractivity contribution in [1.82, 2.24) is 4.90 Å². The molecule has 3 unspecified atom stereocenters. The molecule has 0 saturated carbocycles. The third kappa shape index (κ3) is 6.89. The number of nitrogens with zero attached hydrogens (tertiary/aromatic N) is 2. The van der Waals surface area contributed by atoms with Gasteiger partial charge in [-0.05, 0) is 38.5 Å². The summed E-state index contributed by atoms with van der Waals surface area (Å²) in [6, 6.07) is 9.48. The molecular weight excluding hydrogens is 428 g/mol. The van der Waals surface area contributed by atoms with Crippen molar-refractivity contribution in [3.05, 3.63) is 24.3 Å². The maximum atomic E-state index is 12.8. The second kappa shape index (κ2) is 12.3. The molecule has 1 aliphatic heterocycles. The summed E-state index contributed by atoms with van der Waals surface area (Å²) in [5.41, 5.74) is 1.58. The monoisotopic (exact) mass is 460 g/mol. The van der Waals surface area contributed by atoms with Crippen molar-refractivity contribution < 1.29 is 19.1 Å². The second-order valence-corrected chi connectivity index (χ2v) is 9.20. The number of anilines is 2. The number of carbonyl (C=O) groups is 3. The highest BCUT2D eigenvalue weighted by Crippen LogP contribution is 2.37. The largest absolute Gasteiger partial charge is 0.465 e. The number of nitriles is 1. The average Bonchev–Trinajstić information content (AvgIpc) is 3.06. The number of amides is 2. The van der Waals surface area contributed by atoms with Crippen LogP contribution in [0.1, 0.15) is 40.5 Å². The molecule has 0 spiro atoms. The van der Waals surface area contributed by atoms with Crippen LogP contribution in [0.3, 0.4) is 0 Å². The molecule has 2 rings (SSSR count). The predicted molar refractivity (Wildman–Crippen MR) is 126 cm³/mol. The number of ether oxygens (including phenoxy) is 1. The van der Waals surface area contributed by atoms with Gasteiger partial charge in [-0.2, -0.15) is 5.26 Å². The summed E-state index contributed by atoms with van der Waals surface area (Å²) in [6.45, 7) is 8.61. The fraction of sp³-hybridized carbons (Fsp3) is 0.565. The number of carbonyl (C=O) groups excluding carboxylic acids is 3. The van der Waals surface area contributed by atoms with Gasteiger partial charge in [0.05, 0.1) is 23.3 Å². The zero-order valence-electron chi connectivity index (χ0n) is 19.1. The second-order valence-electron chi connectivity index (χ2n) is 7.81. The minimum atomic E-state index is -0.880. The van der Waals surface area contributed by atoms with Gasteiger partial charge >= 0.3 is 5.97 Å². The lowest BCUT2D eigenvalue weighted by atomic mass is 10.1. The molecule has 32 heavy (non-hydrogen) atoms. The molecule has 2 N–H and O–H groups in total. The van der Waals surface area contributed by atoms with Crippen LogP contribution in [0.15, 0.2) is 24.3 Å². The Labute approximate surface area is 194 Å². The van der Waals surface area contributed by atoms with E-state index in [0.29, 0.717) is 19.5 Å². The summed E-state index contributed by atoms with van der Waals surface area (Å²) in [4.78, 5) is 38.4. The number of hydrogen-bond donors (Lipinski definition) is 2. The third-order valence-corrected chi connectivity index (χ3v) is 6.65. The van der Waals surface area contributed by atoms with Crippen LogP contribution in [-0.4, -0.2) is 53.0 Å². The first-order valence-corrected chi connectivity index (χ1v) is 11.9. The van der Waals surface area contributed by atoms with Gasteiger partial charge in [0.1, 0.15) is 5.92 Å². The molecule has 1 heterocycles. The van der Waals surface area contributed by atoms with E-state index in [2.05, 4.69) is 10.6 Å². The highest BCUT2D eigenvalue weighted by molar-refractivity contribution is 8.01. The molecule has 9 heteroatoms. The Morgan fingerprint density at radius 2 is 2.00 bits per heavy atom. The molecule has 174 valence electrons. The molecule has 1 aromatic rings. The van der Waals surface area contributed by atoms with Crippen LogP contribution in [0.5, 0.6) is 0 Å². The van der Waals surface area contributed by atoms with Crippen LogP contribution < -0.4 is 10.6 Å². The van der Waals surface area contributed by atoms with Crippen LogP contribution in [0, 0.1) is 23.2 Å². The van der Waals surface area contributed by atoms with Crippen molar-refractivity contribution in [2.24, 2.45) is 11.8 Å². The summed E-state index contributed by atoms with van der Waals surface area (Å²) < 4.78 is 4.98. The lowest BCUT2D eigenvalue weighted by Crippen LogP contribution is -2.36. The van der Waals surface area contributed by atoms with E-state index in [1.54, 1.807) is 11.8 Å². The van der Waals surface area contributed by atoms with Gasteiger partial charge < -0.3 is 20.3 Å².